The average Bonchev–Trinajstić information content (AvgIpc) is 0. The van der Waals surface area contributed by atoms with Crippen molar-refractivity contribution in [3.63, 3.8) is 0 Å². The Labute approximate surface area is 105 Å². The van der Waals surface area contributed by atoms with E-state index in [-0.39, 0.29) is 106 Å². The SMILES string of the molecule is [Cl-].[Cl-].[Cl-].[Cl-].[Cl-].[Sb+3].[Zn+2]. The molecule has 7 heteroatoms. The van der Waals surface area contributed by atoms with Gasteiger partial charge in [-0.05, 0) is 0 Å². The number of hydrogen-bond donors (Lipinski definition) is 0. The van der Waals surface area contributed by atoms with Gasteiger partial charge in [-0.2, -0.15) is 0 Å². The first-order valence-corrected chi connectivity index (χ1v) is 0. The van der Waals surface area contributed by atoms with E-state index in [4.69, 9.17) is 0 Å². The van der Waals surface area contributed by atoms with Crippen LogP contribution in [0.3, 0.4) is 0 Å². The largest absolute Gasteiger partial charge is 3.00 e. The summed E-state index contributed by atoms with van der Waals surface area (Å²) in [5.41, 5.74) is 0. The van der Waals surface area contributed by atoms with Crippen molar-refractivity contribution in [1.82, 2.24) is 0 Å². The van der Waals surface area contributed by atoms with Crippen molar-refractivity contribution in [2.45, 2.75) is 0 Å². The van der Waals surface area contributed by atoms with Crippen molar-refractivity contribution < 1.29 is 81.5 Å². The molecule has 0 unspecified atom stereocenters. The van der Waals surface area contributed by atoms with Crippen LogP contribution >= 0.6 is 0 Å². The normalized spacial score (nSPS) is 0. The van der Waals surface area contributed by atoms with E-state index in [1.165, 1.54) is 0 Å². The molecule has 0 aliphatic heterocycles. The molecule has 0 aromatic rings. The van der Waals surface area contributed by atoms with E-state index in [1.54, 1.807) is 0 Å². The van der Waals surface area contributed by atoms with E-state index >= 15 is 0 Å². The Bertz CT molecular complexity index is 8.04. The Kier molecular flexibility index (Phi) is 885. The predicted molar refractivity (Wildman–Crippen MR) is 5.75 cm³/mol. The van der Waals surface area contributed by atoms with E-state index in [9.17, 15) is 0 Å². The van der Waals surface area contributed by atoms with Gasteiger partial charge in [0.25, 0.3) is 0 Å². The van der Waals surface area contributed by atoms with Gasteiger partial charge in [0.05, 0.1) is 0 Å². The molecule has 0 fully saturated rings. The molecular formula is Cl5SbZn. The molecule has 0 aromatic heterocycles. The average molecular weight is 364 g/mol. The van der Waals surface area contributed by atoms with Crippen molar-refractivity contribution in [3.8, 4) is 0 Å². The van der Waals surface area contributed by atoms with Gasteiger partial charge in [-0.3, -0.25) is 0 Å². The van der Waals surface area contributed by atoms with Crippen molar-refractivity contribution in [3.05, 3.63) is 0 Å². The summed E-state index contributed by atoms with van der Waals surface area (Å²) in [5, 5.41) is 0. The van der Waals surface area contributed by atoms with E-state index in [2.05, 4.69) is 0 Å². The summed E-state index contributed by atoms with van der Waals surface area (Å²) in [6, 6.07) is 0. The summed E-state index contributed by atoms with van der Waals surface area (Å²) in [7, 11) is 0. The fourth-order valence-corrected chi connectivity index (χ4v) is 0. The van der Waals surface area contributed by atoms with Gasteiger partial charge in [0.1, 0.15) is 0 Å². The second-order valence-corrected chi connectivity index (χ2v) is 0. The first-order valence-electron chi connectivity index (χ1n) is 0. The van der Waals surface area contributed by atoms with E-state index < -0.39 is 0 Å². The standard InChI is InChI=1S/5ClH.Sb.Zn/h5*1H;;/q;;;;;+3;+2/p-5. The monoisotopic (exact) mass is 360 g/mol. The summed E-state index contributed by atoms with van der Waals surface area (Å²) in [5.74, 6) is 0. The zero-order valence-corrected chi connectivity index (χ0v) is 12.3. The molecule has 0 nitrogen and oxygen atoms in total. The van der Waals surface area contributed by atoms with Crippen LogP contribution < -0.4 is 62.0 Å². The fourth-order valence-electron chi connectivity index (χ4n) is 0. The van der Waals surface area contributed by atoms with Crippen molar-refractivity contribution in [2.75, 3.05) is 0 Å². The summed E-state index contributed by atoms with van der Waals surface area (Å²) >= 11 is 0. The molecule has 0 saturated carbocycles. The number of halogens is 5. The fraction of sp³-hybridized carbons (Fsp3) is 0. The molecule has 0 spiro atoms. The third kappa shape index (κ3) is 50.5. The molecule has 0 rings (SSSR count). The Hall–Kier alpha value is 2.89. The Morgan fingerprint density at radius 3 is 0.429 bits per heavy atom. The smallest absolute Gasteiger partial charge is 1.00 e. The minimum Gasteiger partial charge on any atom is -1.00 e. The predicted octanol–water partition coefficient (Wildman–Crippen LogP) is -15.4. The Morgan fingerprint density at radius 1 is 0.429 bits per heavy atom. The topological polar surface area (TPSA) is 0 Å². The Balaban J connectivity index is 0. The summed E-state index contributed by atoms with van der Waals surface area (Å²) in [6.07, 6.45) is 0. The minimum atomic E-state index is 0. The maximum absolute atomic E-state index is 0. The van der Waals surface area contributed by atoms with Crippen molar-refractivity contribution >= 4 is 24.4 Å². The van der Waals surface area contributed by atoms with Crippen LogP contribution in [-0.4, -0.2) is 24.4 Å². The van der Waals surface area contributed by atoms with Crippen LogP contribution in [0.4, 0.5) is 0 Å². The van der Waals surface area contributed by atoms with E-state index in [0.29, 0.717) is 0 Å². The Morgan fingerprint density at radius 2 is 0.429 bits per heavy atom. The van der Waals surface area contributed by atoms with Crippen LogP contribution in [0.25, 0.3) is 0 Å². The molecule has 0 aliphatic rings. The van der Waals surface area contributed by atoms with Crippen LogP contribution in [0.2, 0.25) is 0 Å². The number of hydrogen-bond acceptors (Lipinski definition) is 0. The van der Waals surface area contributed by atoms with Gasteiger partial charge in [0.2, 0.25) is 0 Å². The van der Waals surface area contributed by atoms with Gasteiger partial charge >= 0.3 is 43.9 Å². The second kappa shape index (κ2) is 66.2. The number of rotatable bonds is 0. The van der Waals surface area contributed by atoms with Gasteiger partial charge in [0.15, 0.2) is 0 Å². The van der Waals surface area contributed by atoms with Crippen LogP contribution in [0, 0.1) is 0 Å². The quantitative estimate of drug-likeness (QED) is 0.375. The third-order valence-corrected chi connectivity index (χ3v) is 0. The van der Waals surface area contributed by atoms with Gasteiger partial charge in [-0.1, -0.05) is 0 Å². The molecule has 42 valence electrons. The molecule has 0 heterocycles. The summed E-state index contributed by atoms with van der Waals surface area (Å²) in [4.78, 5) is 0. The second-order valence-electron chi connectivity index (χ2n) is 0. The van der Waals surface area contributed by atoms with Crippen molar-refractivity contribution in [2.24, 2.45) is 0 Å². The minimum absolute atomic E-state index is 0. The summed E-state index contributed by atoms with van der Waals surface area (Å²) in [6.45, 7) is 0. The van der Waals surface area contributed by atoms with Crippen molar-refractivity contribution in [1.29, 1.82) is 0 Å². The van der Waals surface area contributed by atoms with E-state index in [1.807, 2.05) is 0 Å². The summed E-state index contributed by atoms with van der Waals surface area (Å²) < 4.78 is 0. The molecule has 2 radical (unpaired) electrons. The van der Waals surface area contributed by atoms with Crippen LogP contribution in [0.1, 0.15) is 0 Å². The molecule has 0 N–H and O–H groups in total. The van der Waals surface area contributed by atoms with Gasteiger partial charge in [-0.25, -0.2) is 0 Å². The molecule has 7 heavy (non-hydrogen) atoms. The molecule has 0 saturated heterocycles. The van der Waals surface area contributed by atoms with Gasteiger partial charge < -0.3 is 62.0 Å². The van der Waals surface area contributed by atoms with Crippen LogP contribution in [0.5, 0.6) is 0 Å². The van der Waals surface area contributed by atoms with Gasteiger partial charge in [0, 0.05) is 0 Å². The first kappa shape index (κ1) is 93.5. The van der Waals surface area contributed by atoms with E-state index in [0.717, 1.165) is 0 Å². The zero-order valence-electron chi connectivity index (χ0n) is 3.04. The molecule has 0 bridgehead atoms. The molecule has 0 amide bonds. The molecule has 0 aromatic carbocycles. The van der Waals surface area contributed by atoms with Crippen LogP contribution in [-0.2, 0) is 19.5 Å². The first-order chi connectivity index (χ1) is 0. The van der Waals surface area contributed by atoms with Gasteiger partial charge in [-0.15, -0.1) is 0 Å². The maximum atomic E-state index is 0. The molecule has 0 aliphatic carbocycles. The maximum Gasteiger partial charge on any atom is 3.00 e. The van der Waals surface area contributed by atoms with Crippen LogP contribution in [0.15, 0.2) is 0 Å². The zero-order chi connectivity index (χ0) is 0. The molecular weight excluding hydrogens is 364 g/mol. The molecule has 0 atom stereocenters. The third-order valence-electron chi connectivity index (χ3n) is 0.